The molecule has 5 heteroatoms. The average Bonchev–Trinajstić information content (AvgIpc) is 2.91. The van der Waals surface area contributed by atoms with Crippen LogP contribution in [0.5, 0.6) is 0 Å². The lowest BCUT2D eigenvalue weighted by molar-refractivity contribution is -0.140. The van der Waals surface area contributed by atoms with E-state index in [1.165, 1.54) is 18.2 Å². The summed E-state index contributed by atoms with van der Waals surface area (Å²) >= 11 is 0. The van der Waals surface area contributed by atoms with Crippen molar-refractivity contribution in [3.05, 3.63) is 24.2 Å². The van der Waals surface area contributed by atoms with E-state index in [4.69, 9.17) is 4.42 Å². The molecule has 5 nitrogen and oxygen atoms in total. The lowest BCUT2D eigenvalue weighted by Gasteiger charge is -2.29. The van der Waals surface area contributed by atoms with Crippen LogP contribution in [0.25, 0.3) is 0 Å². The molecule has 1 aliphatic rings. The molecule has 0 unspecified atom stereocenters. The maximum atomic E-state index is 12.1. The summed E-state index contributed by atoms with van der Waals surface area (Å²) in [6.45, 7) is 3.58. The van der Waals surface area contributed by atoms with Crippen LogP contribution in [-0.2, 0) is 16.1 Å². The van der Waals surface area contributed by atoms with Crippen molar-refractivity contribution in [1.82, 2.24) is 9.80 Å². The molecule has 0 radical (unpaired) electrons. The maximum absolute atomic E-state index is 12.1. The van der Waals surface area contributed by atoms with E-state index in [1.54, 1.807) is 18.4 Å². The van der Waals surface area contributed by atoms with Gasteiger partial charge in [-0.3, -0.25) is 9.59 Å². The zero-order valence-corrected chi connectivity index (χ0v) is 11.3. The molecule has 0 aromatic carbocycles. The summed E-state index contributed by atoms with van der Waals surface area (Å²) in [4.78, 5) is 27.1. The first-order chi connectivity index (χ1) is 9.16. The highest BCUT2D eigenvalue weighted by atomic mass is 16.3. The van der Waals surface area contributed by atoms with Gasteiger partial charge >= 0.3 is 0 Å². The topological polar surface area (TPSA) is 53.8 Å². The Morgan fingerprint density at radius 2 is 2.05 bits per heavy atom. The molecule has 2 amide bonds. The van der Waals surface area contributed by atoms with Crippen molar-refractivity contribution in [3.8, 4) is 0 Å². The van der Waals surface area contributed by atoms with Crippen molar-refractivity contribution < 1.29 is 14.0 Å². The summed E-state index contributed by atoms with van der Waals surface area (Å²) in [5.41, 5.74) is 0. The first kappa shape index (κ1) is 13.6. The Morgan fingerprint density at radius 1 is 1.32 bits per heavy atom. The summed E-state index contributed by atoms with van der Waals surface area (Å²) in [6, 6.07) is 3.58. The number of likely N-dealkylation sites (tertiary alicyclic amines) is 1. The van der Waals surface area contributed by atoms with E-state index in [0.29, 0.717) is 12.3 Å². The van der Waals surface area contributed by atoms with Gasteiger partial charge in [0.1, 0.15) is 12.3 Å². The van der Waals surface area contributed by atoms with E-state index in [9.17, 15) is 9.59 Å². The molecule has 19 heavy (non-hydrogen) atoms. The van der Waals surface area contributed by atoms with Gasteiger partial charge < -0.3 is 14.2 Å². The average molecular weight is 264 g/mol. The van der Waals surface area contributed by atoms with Gasteiger partial charge in [-0.05, 0) is 31.4 Å². The van der Waals surface area contributed by atoms with Gasteiger partial charge in [-0.2, -0.15) is 0 Å². The Hall–Kier alpha value is -1.78. The number of rotatable bonds is 4. The van der Waals surface area contributed by atoms with Gasteiger partial charge in [-0.25, -0.2) is 0 Å². The Labute approximate surface area is 113 Å². The molecule has 1 fully saturated rings. The fraction of sp³-hybridized carbons (Fsp3) is 0.571. The molecule has 2 heterocycles. The normalized spacial score (nSPS) is 15.3. The molecule has 1 aromatic rings. The minimum Gasteiger partial charge on any atom is -0.467 e. The van der Waals surface area contributed by atoms with Crippen molar-refractivity contribution in [2.24, 2.45) is 0 Å². The van der Waals surface area contributed by atoms with Crippen molar-refractivity contribution in [3.63, 3.8) is 0 Å². The molecule has 1 aliphatic heterocycles. The number of piperidine rings is 1. The van der Waals surface area contributed by atoms with Gasteiger partial charge in [0, 0.05) is 20.0 Å². The van der Waals surface area contributed by atoms with Crippen LogP contribution in [0.1, 0.15) is 31.9 Å². The first-order valence-electron chi connectivity index (χ1n) is 6.72. The second kappa shape index (κ2) is 6.41. The van der Waals surface area contributed by atoms with Crippen LogP contribution in [0.4, 0.5) is 0 Å². The van der Waals surface area contributed by atoms with Gasteiger partial charge in [0.05, 0.1) is 12.8 Å². The molecule has 0 N–H and O–H groups in total. The number of amides is 2. The number of hydrogen-bond acceptors (Lipinski definition) is 3. The van der Waals surface area contributed by atoms with Crippen molar-refractivity contribution in [1.29, 1.82) is 0 Å². The Bertz CT molecular complexity index is 422. The number of carbonyl (C=O) groups is 2. The fourth-order valence-corrected chi connectivity index (χ4v) is 2.28. The molecule has 2 rings (SSSR count). The quantitative estimate of drug-likeness (QED) is 0.830. The first-order valence-corrected chi connectivity index (χ1v) is 6.72. The smallest absolute Gasteiger partial charge is 0.242 e. The minimum absolute atomic E-state index is 0.0291. The van der Waals surface area contributed by atoms with E-state index in [-0.39, 0.29) is 18.4 Å². The van der Waals surface area contributed by atoms with Gasteiger partial charge in [0.2, 0.25) is 11.8 Å². The van der Waals surface area contributed by atoms with Gasteiger partial charge in [-0.15, -0.1) is 0 Å². The SMILES string of the molecule is CC(=O)N(CC(=O)N1CCCCC1)Cc1ccco1. The van der Waals surface area contributed by atoms with Crippen LogP contribution in [0.3, 0.4) is 0 Å². The predicted octanol–water partition coefficient (Wildman–Crippen LogP) is 1.64. The van der Waals surface area contributed by atoms with E-state index in [0.717, 1.165) is 25.9 Å². The lowest BCUT2D eigenvalue weighted by Crippen LogP contribution is -2.43. The van der Waals surface area contributed by atoms with Gasteiger partial charge in [0.25, 0.3) is 0 Å². The maximum Gasteiger partial charge on any atom is 0.242 e. The zero-order chi connectivity index (χ0) is 13.7. The summed E-state index contributed by atoms with van der Waals surface area (Å²) in [7, 11) is 0. The molecule has 1 saturated heterocycles. The number of nitrogens with zero attached hydrogens (tertiary/aromatic N) is 2. The summed E-state index contributed by atoms with van der Waals surface area (Å²) < 4.78 is 5.22. The molecular formula is C14H20N2O3. The molecule has 0 atom stereocenters. The molecule has 0 spiro atoms. The number of carbonyl (C=O) groups excluding carboxylic acids is 2. The largest absolute Gasteiger partial charge is 0.467 e. The Morgan fingerprint density at radius 3 is 2.63 bits per heavy atom. The molecule has 0 aliphatic carbocycles. The molecular weight excluding hydrogens is 244 g/mol. The minimum atomic E-state index is -0.109. The Balaban J connectivity index is 1.92. The van der Waals surface area contributed by atoms with E-state index >= 15 is 0 Å². The van der Waals surface area contributed by atoms with Crippen molar-refractivity contribution in [2.45, 2.75) is 32.7 Å². The van der Waals surface area contributed by atoms with Crippen LogP contribution in [0.2, 0.25) is 0 Å². The highest BCUT2D eigenvalue weighted by Gasteiger charge is 2.21. The van der Waals surface area contributed by atoms with E-state index in [2.05, 4.69) is 0 Å². The van der Waals surface area contributed by atoms with E-state index in [1.807, 2.05) is 4.90 Å². The van der Waals surface area contributed by atoms with E-state index < -0.39 is 0 Å². The fourth-order valence-electron chi connectivity index (χ4n) is 2.28. The molecule has 0 bridgehead atoms. The van der Waals surface area contributed by atoms with Gasteiger partial charge in [-0.1, -0.05) is 0 Å². The van der Waals surface area contributed by atoms with Crippen LogP contribution in [-0.4, -0.2) is 41.2 Å². The molecule has 0 saturated carbocycles. The summed E-state index contributed by atoms with van der Waals surface area (Å²) in [6.07, 6.45) is 4.88. The second-order valence-electron chi connectivity index (χ2n) is 4.90. The molecule has 104 valence electrons. The third kappa shape index (κ3) is 3.84. The zero-order valence-electron chi connectivity index (χ0n) is 11.3. The number of furan rings is 1. The van der Waals surface area contributed by atoms with Crippen LogP contribution >= 0.6 is 0 Å². The predicted molar refractivity (Wildman–Crippen MR) is 70.2 cm³/mol. The lowest BCUT2D eigenvalue weighted by atomic mass is 10.1. The highest BCUT2D eigenvalue weighted by molar-refractivity contribution is 5.83. The van der Waals surface area contributed by atoms with Crippen molar-refractivity contribution in [2.75, 3.05) is 19.6 Å². The standard InChI is InChI=1S/C14H20N2O3/c1-12(17)16(10-13-6-5-9-19-13)11-14(18)15-7-3-2-4-8-15/h5-6,9H,2-4,7-8,10-11H2,1H3. The summed E-state index contributed by atoms with van der Waals surface area (Å²) in [5, 5.41) is 0. The Kier molecular flexibility index (Phi) is 4.60. The third-order valence-corrected chi connectivity index (χ3v) is 3.41. The van der Waals surface area contributed by atoms with Crippen LogP contribution in [0.15, 0.2) is 22.8 Å². The highest BCUT2D eigenvalue weighted by Crippen LogP contribution is 2.11. The van der Waals surface area contributed by atoms with Crippen molar-refractivity contribution >= 4 is 11.8 Å². The second-order valence-corrected chi connectivity index (χ2v) is 4.90. The van der Waals surface area contributed by atoms with Gasteiger partial charge in [0.15, 0.2) is 0 Å². The number of hydrogen-bond donors (Lipinski definition) is 0. The molecule has 1 aromatic heterocycles. The monoisotopic (exact) mass is 264 g/mol. The third-order valence-electron chi connectivity index (χ3n) is 3.41. The summed E-state index contributed by atoms with van der Waals surface area (Å²) in [5.74, 6) is 0.616. The van der Waals surface area contributed by atoms with Crippen LogP contribution < -0.4 is 0 Å². The van der Waals surface area contributed by atoms with Crippen LogP contribution in [0, 0.1) is 0 Å².